The maximum absolute atomic E-state index is 6.57. The first-order valence-electron chi connectivity index (χ1n) is 13.2. The molecule has 0 N–H and O–H groups in total. The van der Waals surface area contributed by atoms with Gasteiger partial charge in [0.1, 0.15) is 16.7 Å². The minimum absolute atomic E-state index is 0.884. The predicted molar refractivity (Wildman–Crippen MR) is 161 cm³/mol. The lowest BCUT2D eigenvalue weighted by molar-refractivity contribution is 0.666. The minimum Gasteiger partial charge on any atom is -0.455 e. The predicted octanol–water partition coefficient (Wildman–Crippen LogP) is 10.2. The van der Waals surface area contributed by atoms with E-state index in [4.69, 9.17) is 8.83 Å². The maximum Gasteiger partial charge on any atom is 0.159 e. The summed E-state index contributed by atoms with van der Waals surface area (Å²) in [5.41, 5.74) is 9.20. The smallest absolute Gasteiger partial charge is 0.159 e. The molecule has 0 atom stereocenters. The summed E-state index contributed by atoms with van der Waals surface area (Å²) in [4.78, 5) is 0. The quantitative estimate of drug-likeness (QED) is 0.237. The van der Waals surface area contributed by atoms with E-state index in [9.17, 15) is 0 Å². The highest BCUT2D eigenvalue weighted by molar-refractivity contribution is 6.24. The first-order chi connectivity index (χ1) is 19.3. The Morgan fingerprint density at radius 3 is 1.85 bits per heavy atom. The molecule has 0 amide bonds. The normalized spacial score (nSPS) is 12.1. The van der Waals surface area contributed by atoms with Crippen LogP contribution in [0.15, 0.2) is 136 Å². The van der Waals surface area contributed by atoms with Crippen LogP contribution in [-0.2, 0) is 0 Å². The summed E-state index contributed by atoms with van der Waals surface area (Å²) in [5.74, 6) is 0. The lowest BCUT2D eigenvalue weighted by Crippen LogP contribution is -1.94. The molecule has 182 valence electrons. The SMILES string of the molecule is c1ccc(-c2ccc3c(c2)c2c4oc5ccccc5c4ccc2n3-c2cccc3c2oc2ccccc23)cc1. The van der Waals surface area contributed by atoms with Gasteiger partial charge in [0, 0.05) is 26.9 Å². The molecule has 3 aromatic heterocycles. The van der Waals surface area contributed by atoms with Gasteiger partial charge in [-0.2, -0.15) is 0 Å². The van der Waals surface area contributed by atoms with Crippen molar-refractivity contribution in [3.05, 3.63) is 127 Å². The molecule has 0 saturated heterocycles. The maximum atomic E-state index is 6.57. The minimum atomic E-state index is 0.884. The number of benzene rings is 6. The summed E-state index contributed by atoms with van der Waals surface area (Å²) in [6, 6.07) is 44.6. The van der Waals surface area contributed by atoms with Crippen molar-refractivity contribution in [1.82, 2.24) is 4.57 Å². The molecule has 0 bridgehead atoms. The molecule has 39 heavy (non-hydrogen) atoms. The van der Waals surface area contributed by atoms with Gasteiger partial charge in [-0.15, -0.1) is 0 Å². The molecule has 9 aromatic rings. The zero-order valence-electron chi connectivity index (χ0n) is 20.9. The summed E-state index contributed by atoms with van der Waals surface area (Å²) in [6.07, 6.45) is 0. The van der Waals surface area contributed by atoms with Crippen LogP contribution in [0.4, 0.5) is 0 Å². The number of hydrogen-bond acceptors (Lipinski definition) is 2. The molecule has 9 rings (SSSR count). The highest BCUT2D eigenvalue weighted by Gasteiger charge is 2.21. The van der Waals surface area contributed by atoms with Crippen LogP contribution < -0.4 is 0 Å². The molecule has 0 unspecified atom stereocenters. The summed E-state index contributed by atoms with van der Waals surface area (Å²) in [6.45, 7) is 0. The van der Waals surface area contributed by atoms with E-state index in [0.717, 1.165) is 71.4 Å². The van der Waals surface area contributed by atoms with E-state index < -0.39 is 0 Å². The molecular formula is C36H21NO2. The van der Waals surface area contributed by atoms with Crippen LogP contribution in [0, 0.1) is 0 Å². The van der Waals surface area contributed by atoms with Crippen molar-refractivity contribution >= 4 is 65.7 Å². The van der Waals surface area contributed by atoms with E-state index in [0.29, 0.717) is 0 Å². The van der Waals surface area contributed by atoms with Crippen molar-refractivity contribution in [2.24, 2.45) is 0 Å². The summed E-state index contributed by atoms with van der Waals surface area (Å²) >= 11 is 0. The molecular weight excluding hydrogens is 478 g/mol. The molecule has 6 aromatic carbocycles. The molecule has 0 aliphatic heterocycles. The van der Waals surface area contributed by atoms with E-state index in [1.54, 1.807) is 0 Å². The first-order valence-corrected chi connectivity index (χ1v) is 13.2. The Morgan fingerprint density at radius 1 is 0.410 bits per heavy atom. The Balaban J connectivity index is 1.47. The molecule has 0 aliphatic carbocycles. The fourth-order valence-electron chi connectivity index (χ4n) is 6.26. The summed E-state index contributed by atoms with van der Waals surface area (Å²) in [7, 11) is 0. The summed E-state index contributed by atoms with van der Waals surface area (Å²) < 4.78 is 15.4. The van der Waals surface area contributed by atoms with Crippen molar-refractivity contribution < 1.29 is 8.83 Å². The lowest BCUT2D eigenvalue weighted by atomic mass is 10.0. The number of fused-ring (bicyclic) bond motifs is 10. The van der Waals surface area contributed by atoms with Crippen LogP contribution in [0.1, 0.15) is 0 Å². The van der Waals surface area contributed by atoms with Gasteiger partial charge in [-0.05, 0) is 53.6 Å². The number of furan rings is 2. The van der Waals surface area contributed by atoms with Gasteiger partial charge in [0.15, 0.2) is 5.58 Å². The van der Waals surface area contributed by atoms with Gasteiger partial charge < -0.3 is 13.4 Å². The van der Waals surface area contributed by atoms with E-state index in [1.165, 1.54) is 11.1 Å². The second-order valence-corrected chi connectivity index (χ2v) is 10.1. The van der Waals surface area contributed by atoms with Gasteiger partial charge in [-0.1, -0.05) is 84.9 Å². The lowest BCUT2D eigenvalue weighted by Gasteiger charge is -2.09. The molecule has 0 fully saturated rings. The van der Waals surface area contributed by atoms with Crippen molar-refractivity contribution in [2.45, 2.75) is 0 Å². The van der Waals surface area contributed by atoms with Crippen molar-refractivity contribution in [2.75, 3.05) is 0 Å². The summed E-state index contributed by atoms with van der Waals surface area (Å²) in [5, 5.41) is 6.77. The molecule has 3 heteroatoms. The number of hydrogen-bond donors (Lipinski definition) is 0. The third-order valence-corrected chi connectivity index (χ3v) is 8.00. The number of para-hydroxylation sites is 3. The molecule has 0 saturated carbocycles. The fraction of sp³-hybridized carbons (Fsp3) is 0. The highest BCUT2D eigenvalue weighted by atomic mass is 16.3. The standard InChI is InChI=1S/C36H21NO2/c1-2-9-22(10-3-1)23-17-19-29-28(21-23)34-30(20-18-27-25-12-5-7-16-33(25)39-36(27)34)37(29)31-14-8-13-26-24-11-4-6-15-32(24)38-35(26)31/h1-21H. The van der Waals surface area contributed by atoms with Crippen LogP contribution >= 0.6 is 0 Å². The van der Waals surface area contributed by atoms with Crippen LogP contribution in [0.25, 0.3) is 82.5 Å². The second kappa shape index (κ2) is 7.62. The van der Waals surface area contributed by atoms with Gasteiger partial charge in [0.25, 0.3) is 0 Å². The number of rotatable bonds is 2. The van der Waals surface area contributed by atoms with Crippen LogP contribution in [0.3, 0.4) is 0 Å². The average Bonchev–Trinajstić information content (AvgIpc) is 3.66. The molecule has 0 aliphatic rings. The van der Waals surface area contributed by atoms with Gasteiger partial charge in [0.2, 0.25) is 0 Å². The number of nitrogens with zero attached hydrogens (tertiary/aromatic N) is 1. The Hall–Kier alpha value is -5.28. The Bertz CT molecular complexity index is 2390. The Kier molecular flexibility index (Phi) is 4.05. The molecule has 0 spiro atoms. The van der Waals surface area contributed by atoms with E-state index in [-0.39, 0.29) is 0 Å². The number of aromatic nitrogens is 1. The average molecular weight is 500 g/mol. The third kappa shape index (κ3) is 2.82. The van der Waals surface area contributed by atoms with Gasteiger partial charge in [-0.3, -0.25) is 0 Å². The van der Waals surface area contributed by atoms with Crippen LogP contribution in [0.5, 0.6) is 0 Å². The van der Waals surface area contributed by atoms with E-state index in [2.05, 4.69) is 108 Å². The van der Waals surface area contributed by atoms with Gasteiger partial charge in [-0.25, -0.2) is 0 Å². The van der Waals surface area contributed by atoms with Crippen molar-refractivity contribution in [1.29, 1.82) is 0 Å². The fourth-order valence-corrected chi connectivity index (χ4v) is 6.26. The first kappa shape index (κ1) is 20.7. The second-order valence-electron chi connectivity index (χ2n) is 10.1. The van der Waals surface area contributed by atoms with Gasteiger partial charge in [0.05, 0.1) is 22.1 Å². The van der Waals surface area contributed by atoms with E-state index in [1.807, 2.05) is 24.3 Å². The van der Waals surface area contributed by atoms with Gasteiger partial charge >= 0.3 is 0 Å². The van der Waals surface area contributed by atoms with Crippen LogP contribution in [-0.4, -0.2) is 4.57 Å². The monoisotopic (exact) mass is 499 g/mol. The van der Waals surface area contributed by atoms with Crippen molar-refractivity contribution in [3.8, 4) is 16.8 Å². The zero-order valence-corrected chi connectivity index (χ0v) is 20.9. The largest absolute Gasteiger partial charge is 0.455 e. The topological polar surface area (TPSA) is 31.2 Å². The third-order valence-electron chi connectivity index (χ3n) is 8.00. The molecule has 3 heterocycles. The zero-order chi connectivity index (χ0) is 25.5. The highest BCUT2D eigenvalue weighted by Crippen LogP contribution is 2.43. The Morgan fingerprint density at radius 2 is 1.05 bits per heavy atom. The van der Waals surface area contributed by atoms with E-state index >= 15 is 0 Å². The molecule has 0 radical (unpaired) electrons. The Labute approximate surface area is 223 Å². The van der Waals surface area contributed by atoms with Crippen molar-refractivity contribution in [3.63, 3.8) is 0 Å². The van der Waals surface area contributed by atoms with Crippen LogP contribution in [0.2, 0.25) is 0 Å². The molecule has 3 nitrogen and oxygen atoms in total.